The van der Waals surface area contributed by atoms with Crippen LogP contribution in [-0.4, -0.2) is 19.5 Å². The highest BCUT2D eigenvalue weighted by Gasteiger charge is 2.24. The average Bonchev–Trinajstić information content (AvgIpc) is 1.96. The largest absolute Gasteiger partial charge is 0.321 e. The second-order valence-electron chi connectivity index (χ2n) is 2.33. The van der Waals surface area contributed by atoms with E-state index < -0.39 is 5.69 Å². The molecule has 0 aliphatic carbocycles. The van der Waals surface area contributed by atoms with Crippen molar-refractivity contribution in [2.75, 3.05) is 19.5 Å². The van der Waals surface area contributed by atoms with Crippen molar-refractivity contribution in [3.63, 3.8) is 0 Å². The summed E-state index contributed by atoms with van der Waals surface area (Å²) in [6.07, 6.45) is 1.94. The summed E-state index contributed by atoms with van der Waals surface area (Å²) in [4.78, 5) is 0. The number of hydrogen-bond donors (Lipinski definition) is 0. The Bertz CT molecular complexity index is 150. The maximum absolute atomic E-state index is 5.39. The molecule has 0 saturated carbocycles. The molecule has 1 rings (SSSR count). The first-order chi connectivity index (χ1) is 4.66. The van der Waals surface area contributed by atoms with E-state index in [2.05, 4.69) is 6.92 Å². The fourth-order valence-electron chi connectivity index (χ4n) is 0.628. The van der Waals surface area contributed by atoms with Crippen molar-refractivity contribution in [3.8, 4) is 0 Å². The maximum Gasteiger partial charge on any atom is 0.247 e. The molecule has 2 nitrogen and oxygen atoms in total. The summed E-state index contributed by atoms with van der Waals surface area (Å²) in [7, 11) is 0. The topological polar surface area (TPSA) is 18.5 Å². The lowest BCUT2D eigenvalue weighted by Crippen LogP contribution is -2.16. The molecule has 1 aliphatic rings. The molecule has 1 heterocycles. The highest BCUT2D eigenvalue weighted by atomic mass is 32.9. The second-order valence-corrected chi connectivity index (χ2v) is 8.78. The van der Waals surface area contributed by atoms with E-state index in [1.54, 1.807) is 0 Å². The molecule has 1 fully saturated rings. The van der Waals surface area contributed by atoms with Gasteiger partial charge in [0.15, 0.2) is 0 Å². The van der Waals surface area contributed by atoms with Crippen LogP contribution < -0.4 is 0 Å². The van der Waals surface area contributed by atoms with Crippen LogP contribution in [0.25, 0.3) is 0 Å². The predicted molar refractivity (Wildman–Crippen MR) is 48.9 cm³/mol. The van der Waals surface area contributed by atoms with E-state index in [1.165, 1.54) is 11.4 Å². The van der Waals surface area contributed by atoms with Crippen LogP contribution in [0.3, 0.4) is 0 Å². The molecule has 0 spiro atoms. The summed E-state index contributed by atoms with van der Waals surface area (Å²) in [6, 6.07) is 0. The SMILES string of the molecule is CSP1(=S)OCC(C)CO1. The number of rotatable bonds is 1. The third-order valence-electron chi connectivity index (χ3n) is 1.26. The van der Waals surface area contributed by atoms with E-state index in [-0.39, 0.29) is 0 Å². The van der Waals surface area contributed by atoms with Gasteiger partial charge < -0.3 is 9.05 Å². The molecule has 0 atom stereocenters. The predicted octanol–water partition coefficient (Wildman–Crippen LogP) is 2.26. The Balaban J connectivity index is 2.46. The van der Waals surface area contributed by atoms with Gasteiger partial charge in [-0.2, -0.15) is 0 Å². The van der Waals surface area contributed by atoms with Crippen molar-refractivity contribution in [1.29, 1.82) is 0 Å². The highest BCUT2D eigenvalue weighted by Crippen LogP contribution is 2.61. The van der Waals surface area contributed by atoms with Gasteiger partial charge in [0.25, 0.3) is 0 Å². The molecule has 1 saturated heterocycles. The molecule has 0 aromatic carbocycles. The summed E-state index contributed by atoms with van der Waals surface area (Å²) in [5, 5.41) is 0. The van der Waals surface area contributed by atoms with Gasteiger partial charge in [-0.15, -0.1) is 0 Å². The smallest absolute Gasteiger partial charge is 0.247 e. The first kappa shape index (κ1) is 9.01. The van der Waals surface area contributed by atoms with Crippen LogP contribution in [0, 0.1) is 5.92 Å². The zero-order chi connectivity index (χ0) is 7.61. The van der Waals surface area contributed by atoms with Gasteiger partial charge >= 0.3 is 0 Å². The minimum absolute atomic E-state index is 0.503. The van der Waals surface area contributed by atoms with E-state index >= 15 is 0 Å². The van der Waals surface area contributed by atoms with Gasteiger partial charge in [-0.3, -0.25) is 0 Å². The van der Waals surface area contributed by atoms with Gasteiger partial charge in [0, 0.05) is 5.92 Å². The van der Waals surface area contributed by atoms with Crippen LogP contribution in [0.1, 0.15) is 6.92 Å². The van der Waals surface area contributed by atoms with Gasteiger partial charge in [-0.05, 0) is 18.1 Å². The van der Waals surface area contributed by atoms with Crippen LogP contribution in [0.15, 0.2) is 0 Å². The van der Waals surface area contributed by atoms with E-state index in [1.807, 2.05) is 6.26 Å². The molecule has 0 bridgehead atoms. The van der Waals surface area contributed by atoms with Gasteiger partial charge in [-0.25, -0.2) is 0 Å². The zero-order valence-corrected chi connectivity index (χ0v) is 8.60. The summed E-state index contributed by atoms with van der Waals surface area (Å²) in [5.41, 5.74) is -1.88. The minimum atomic E-state index is -1.88. The minimum Gasteiger partial charge on any atom is -0.321 e. The first-order valence-electron chi connectivity index (χ1n) is 3.11. The Labute approximate surface area is 70.6 Å². The second kappa shape index (κ2) is 3.55. The third-order valence-corrected chi connectivity index (χ3v) is 6.58. The van der Waals surface area contributed by atoms with Crippen molar-refractivity contribution >= 4 is 28.9 Å². The Hall–Kier alpha value is 0.920. The van der Waals surface area contributed by atoms with E-state index in [9.17, 15) is 0 Å². The lowest BCUT2D eigenvalue weighted by molar-refractivity contribution is 0.137. The summed E-state index contributed by atoms with van der Waals surface area (Å²) >= 11 is 6.67. The molecule has 0 unspecified atom stereocenters. The third kappa shape index (κ3) is 2.21. The van der Waals surface area contributed by atoms with Crippen molar-refractivity contribution in [2.45, 2.75) is 6.92 Å². The fraction of sp³-hybridized carbons (Fsp3) is 1.00. The van der Waals surface area contributed by atoms with Crippen molar-refractivity contribution in [1.82, 2.24) is 0 Å². The lowest BCUT2D eigenvalue weighted by atomic mass is 10.2. The summed E-state index contributed by atoms with van der Waals surface area (Å²) in [5.74, 6) is 0.503. The van der Waals surface area contributed by atoms with Crippen LogP contribution in [-0.2, 0) is 20.9 Å². The molecule has 0 amide bonds. The summed E-state index contributed by atoms with van der Waals surface area (Å²) < 4.78 is 10.8. The molecular weight excluding hydrogens is 187 g/mol. The molecule has 10 heavy (non-hydrogen) atoms. The van der Waals surface area contributed by atoms with E-state index in [4.69, 9.17) is 20.9 Å². The molecular formula is C5H11O2PS2. The van der Waals surface area contributed by atoms with Crippen molar-refractivity contribution in [3.05, 3.63) is 0 Å². The molecule has 0 aromatic rings. The van der Waals surface area contributed by atoms with Gasteiger partial charge in [-0.1, -0.05) is 18.3 Å². The Morgan fingerprint density at radius 3 is 2.40 bits per heavy atom. The molecule has 0 N–H and O–H groups in total. The lowest BCUT2D eigenvalue weighted by Gasteiger charge is -2.28. The number of hydrogen-bond acceptors (Lipinski definition) is 4. The van der Waals surface area contributed by atoms with Crippen molar-refractivity contribution < 1.29 is 9.05 Å². The molecule has 5 heteroatoms. The standard InChI is InChI=1S/C5H11O2PS2/c1-5-3-6-8(9,10-2)7-4-5/h5H,3-4H2,1-2H3. The van der Waals surface area contributed by atoms with E-state index in [0.29, 0.717) is 5.92 Å². The van der Waals surface area contributed by atoms with Crippen molar-refractivity contribution in [2.24, 2.45) is 5.92 Å². The first-order valence-corrected chi connectivity index (χ1v) is 7.58. The summed E-state index contributed by atoms with van der Waals surface area (Å²) in [6.45, 7) is 3.62. The maximum atomic E-state index is 5.39. The van der Waals surface area contributed by atoms with Gasteiger partial charge in [0.2, 0.25) is 5.69 Å². The quantitative estimate of drug-likeness (QED) is 0.601. The van der Waals surface area contributed by atoms with Crippen LogP contribution in [0.4, 0.5) is 0 Å². The Kier molecular flexibility index (Phi) is 3.20. The van der Waals surface area contributed by atoms with Gasteiger partial charge in [0.1, 0.15) is 0 Å². The monoisotopic (exact) mass is 198 g/mol. The normalized spacial score (nSPS) is 41.6. The molecule has 60 valence electrons. The Morgan fingerprint density at radius 1 is 1.50 bits per heavy atom. The zero-order valence-electron chi connectivity index (χ0n) is 6.07. The molecule has 1 aliphatic heterocycles. The Morgan fingerprint density at radius 2 is 2.00 bits per heavy atom. The molecule has 0 aromatic heterocycles. The van der Waals surface area contributed by atoms with Crippen LogP contribution in [0.5, 0.6) is 0 Å². The average molecular weight is 198 g/mol. The molecule has 0 radical (unpaired) electrons. The highest BCUT2D eigenvalue weighted by molar-refractivity contribution is 8.67. The fourth-order valence-corrected chi connectivity index (χ4v) is 3.15. The van der Waals surface area contributed by atoms with Crippen LogP contribution >= 0.6 is 17.1 Å². The van der Waals surface area contributed by atoms with Crippen LogP contribution in [0.2, 0.25) is 0 Å². The van der Waals surface area contributed by atoms with Gasteiger partial charge in [0.05, 0.1) is 13.2 Å². The van der Waals surface area contributed by atoms with E-state index in [0.717, 1.165) is 13.2 Å².